The standard InChI is InChI=1S/C18H26BrN5O2/c1-7-11(8-2)21-17-16(19)22-15(18(23-17)26-6)12-10-20-14(24(3)4)9-13(12)25-5/h9-11H,7-8H2,1-6H3,(H,21,23). The Kier molecular flexibility index (Phi) is 7.02. The van der Waals surface area contributed by atoms with Crippen LogP contribution in [0.15, 0.2) is 16.9 Å². The summed E-state index contributed by atoms with van der Waals surface area (Å²) in [5.74, 6) is 2.53. The van der Waals surface area contributed by atoms with E-state index in [4.69, 9.17) is 9.47 Å². The number of hydrogen-bond acceptors (Lipinski definition) is 7. The number of anilines is 2. The fourth-order valence-electron chi connectivity index (χ4n) is 2.51. The number of rotatable bonds is 8. The Labute approximate surface area is 163 Å². The van der Waals surface area contributed by atoms with E-state index in [-0.39, 0.29) is 0 Å². The monoisotopic (exact) mass is 423 g/mol. The summed E-state index contributed by atoms with van der Waals surface area (Å²) in [4.78, 5) is 15.6. The molecule has 2 aromatic rings. The molecule has 2 heterocycles. The number of nitrogens with one attached hydrogen (secondary N) is 1. The van der Waals surface area contributed by atoms with Gasteiger partial charge in [0, 0.05) is 32.4 Å². The lowest BCUT2D eigenvalue weighted by Gasteiger charge is -2.19. The number of pyridine rings is 1. The van der Waals surface area contributed by atoms with E-state index in [1.807, 2.05) is 25.1 Å². The van der Waals surface area contributed by atoms with Gasteiger partial charge >= 0.3 is 0 Å². The Morgan fingerprint density at radius 1 is 1.15 bits per heavy atom. The average molecular weight is 424 g/mol. The first-order valence-electron chi connectivity index (χ1n) is 8.54. The minimum absolute atomic E-state index is 0.326. The summed E-state index contributed by atoms with van der Waals surface area (Å²) in [7, 11) is 7.06. The fraction of sp³-hybridized carbons (Fsp3) is 0.500. The molecule has 0 aromatic carbocycles. The van der Waals surface area contributed by atoms with Crippen molar-refractivity contribution in [3.05, 3.63) is 16.9 Å². The highest BCUT2D eigenvalue weighted by atomic mass is 79.9. The van der Waals surface area contributed by atoms with E-state index in [0.717, 1.165) is 24.2 Å². The van der Waals surface area contributed by atoms with Crippen LogP contribution in [0.2, 0.25) is 0 Å². The van der Waals surface area contributed by atoms with Crippen LogP contribution < -0.4 is 19.7 Å². The maximum Gasteiger partial charge on any atom is 0.242 e. The van der Waals surface area contributed by atoms with E-state index >= 15 is 0 Å². The van der Waals surface area contributed by atoms with Crippen LogP contribution in [0.25, 0.3) is 11.3 Å². The zero-order valence-electron chi connectivity index (χ0n) is 16.1. The van der Waals surface area contributed by atoms with Crippen molar-refractivity contribution in [3.8, 4) is 22.9 Å². The van der Waals surface area contributed by atoms with E-state index in [9.17, 15) is 0 Å². The average Bonchev–Trinajstić information content (AvgIpc) is 2.66. The summed E-state index contributed by atoms with van der Waals surface area (Å²) in [5, 5.41) is 3.40. The molecule has 0 radical (unpaired) electrons. The van der Waals surface area contributed by atoms with Crippen molar-refractivity contribution >= 4 is 27.6 Å². The third kappa shape index (κ3) is 4.35. The molecule has 0 spiro atoms. The van der Waals surface area contributed by atoms with Gasteiger partial charge < -0.3 is 19.7 Å². The molecular formula is C18H26BrN5O2. The van der Waals surface area contributed by atoms with Crippen molar-refractivity contribution < 1.29 is 9.47 Å². The molecular weight excluding hydrogens is 398 g/mol. The maximum absolute atomic E-state index is 5.54. The van der Waals surface area contributed by atoms with Gasteiger partial charge in [0.05, 0.1) is 19.8 Å². The highest BCUT2D eigenvalue weighted by Crippen LogP contribution is 2.37. The Balaban J connectivity index is 2.51. The molecule has 0 amide bonds. The summed E-state index contributed by atoms with van der Waals surface area (Å²) in [6.45, 7) is 4.27. The van der Waals surface area contributed by atoms with Crippen molar-refractivity contribution in [1.29, 1.82) is 0 Å². The molecule has 2 aromatic heterocycles. The van der Waals surface area contributed by atoms with Crippen LogP contribution in [-0.4, -0.2) is 49.3 Å². The Bertz CT molecular complexity index is 751. The molecule has 0 fully saturated rings. The molecule has 0 saturated heterocycles. The minimum Gasteiger partial charge on any atom is -0.496 e. The topological polar surface area (TPSA) is 72.4 Å². The van der Waals surface area contributed by atoms with Crippen molar-refractivity contribution in [2.75, 3.05) is 38.5 Å². The molecule has 142 valence electrons. The van der Waals surface area contributed by atoms with Crippen molar-refractivity contribution in [3.63, 3.8) is 0 Å². The zero-order valence-corrected chi connectivity index (χ0v) is 17.7. The predicted molar refractivity (Wildman–Crippen MR) is 108 cm³/mol. The van der Waals surface area contributed by atoms with Gasteiger partial charge in [-0.1, -0.05) is 13.8 Å². The summed E-state index contributed by atoms with van der Waals surface area (Å²) in [6.07, 6.45) is 3.72. The van der Waals surface area contributed by atoms with E-state index in [0.29, 0.717) is 33.8 Å². The molecule has 7 nitrogen and oxygen atoms in total. The lowest BCUT2D eigenvalue weighted by Crippen LogP contribution is -2.19. The van der Waals surface area contributed by atoms with Crippen molar-refractivity contribution in [2.45, 2.75) is 32.7 Å². The quantitative estimate of drug-likeness (QED) is 0.687. The van der Waals surface area contributed by atoms with Gasteiger partial charge in [-0.05, 0) is 28.8 Å². The number of halogens is 1. The zero-order chi connectivity index (χ0) is 19.3. The van der Waals surface area contributed by atoms with Crippen molar-refractivity contribution in [1.82, 2.24) is 15.0 Å². The maximum atomic E-state index is 5.54. The summed E-state index contributed by atoms with van der Waals surface area (Å²) in [5.41, 5.74) is 1.29. The van der Waals surface area contributed by atoms with Crippen LogP contribution in [0, 0.1) is 0 Å². The van der Waals surface area contributed by atoms with Gasteiger partial charge in [-0.25, -0.2) is 9.97 Å². The molecule has 0 bridgehead atoms. The van der Waals surface area contributed by atoms with Crippen LogP contribution >= 0.6 is 15.9 Å². The van der Waals surface area contributed by atoms with Crippen molar-refractivity contribution in [2.24, 2.45) is 0 Å². The first kappa shape index (κ1) is 20.2. The molecule has 8 heteroatoms. The van der Waals surface area contributed by atoms with E-state index < -0.39 is 0 Å². The van der Waals surface area contributed by atoms with Crippen LogP contribution in [0.1, 0.15) is 26.7 Å². The van der Waals surface area contributed by atoms with Gasteiger partial charge in [0.2, 0.25) is 5.88 Å². The molecule has 2 rings (SSSR count). The lowest BCUT2D eigenvalue weighted by molar-refractivity contribution is 0.395. The highest BCUT2D eigenvalue weighted by molar-refractivity contribution is 9.10. The van der Waals surface area contributed by atoms with Crippen LogP contribution in [-0.2, 0) is 0 Å². The molecule has 0 aliphatic carbocycles. The molecule has 1 N–H and O–H groups in total. The third-order valence-corrected chi connectivity index (χ3v) is 4.68. The van der Waals surface area contributed by atoms with Gasteiger partial charge in [0.15, 0.2) is 5.82 Å². The van der Waals surface area contributed by atoms with Gasteiger partial charge in [-0.2, -0.15) is 4.98 Å². The van der Waals surface area contributed by atoms with Crippen LogP contribution in [0.3, 0.4) is 0 Å². The smallest absolute Gasteiger partial charge is 0.242 e. The summed E-state index contributed by atoms with van der Waals surface area (Å²) < 4.78 is 11.7. The SMILES string of the molecule is CCC(CC)Nc1nc(OC)c(-c2cnc(N(C)C)cc2OC)nc1Br. The minimum atomic E-state index is 0.326. The largest absolute Gasteiger partial charge is 0.496 e. The summed E-state index contributed by atoms with van der Waals surface area (Å²) >= 11 is 3.52. The number of ether oxygens (including phenoxy) is 2. The third-order valence-electron chi connectivity index (χ3n) is 4.13. The van der Waals surface area contributed by atoms with Gasteiger partial charge in [-0.15, -0.1) is 0 Å². The van der Waals surface area contributed by atoms with Gasteiger partial charge in [0.1, 0.15) is 21.9 Å². The fourth-order valence-corrected chi connectivity index (χ4v) is 2.89. The normalized spacial score (nSPS) is 10.8. The number of aromatic nitrogens is 3. The van der Waals surface area contributed by atoms with E-state index in [1.54, 1.807) is 20.4 Å². The second kappa shape index (κ2) is 9.02. The number of methoxy groups -OCH3 is 2. The molecule has 0 aliphatic heterocycles. The lowest BCUT2D eigenvalue weighted by atomic mass is 10.1. The number of nitrogens with zero attached hydrogens (tertiary/aromatic N) is 4. The predicted octanol–water partition coefficient (Wildman–Crippen LogP) is 3.98. The molecule has 26 heavy (non-hydrogen) atoms. The van der Waals surface area contributed by atoms with E-state index in [1.165, 1.54) is 0 Å². The Morgan fingerprint density at radius 3 is 2.38 bits per heavy atom. The number of hydrogen-bond donors (Lipinski definition) is 1. The first-order valence-corrected chi connectivity index (χ1v) is 9.34. The molecule has 0 unspecified atom stereocenters. The Hall–Kier alpha value is -2.09. The highest BCUT2D eigenvalue weighted by Gasteiger charge is 2.20. The second-order valence-electron chi connectivity index (χ2n) is 6.02. The van der Waals surface area contributed by atoms with Gasteiger partial charge in [0.25, 0.3) is 0 Å². The molecule has 0 saturated carbocycles. The first-order chi connectivity index (χ1) is 12.4. The van der Waals surface area contributed by atoms with Gasteiger partial charge in [-0.3, -0.25) is 0 Å². The van der Waals surface area contributed by atoms with Crippen LogP contribution in [0.4, 0.5) is 11.6 Å². The van der Waals surface area contributed by atoms with Crippen LogP contribution in [0.5, 0.6) is 11.6 Å². The van der Waals surface area contributed by atoms with E-state index in [2.05, 4.69) is 50.0 Å². The second-order valence-corrected chi connectivity index (χ2v) is 6.77. The summed E-state index contributed by atoms with van der Waals surface area (Å²) in [6, 6.07) is 2.19. The Morgan fingerprint density at radius 2 is 1.85 bits per heavy atom. The molecule has 0 atom stereocenters. The molecule has 0 aliphatic rings.